The van der Waals surface area contributed by atoms with Gasteiger partial charge in [0.15, 0.2) is 5.13 Å². The normalized spacial score (nSPS) is 12.2. The molecule has 1 aromatic carbocycles. The number of thiazole rings is 1. The van der Waals surface area contributed by atoms with Crippen molar-refractivity contribution in [3.8, 4) is 16.3 Å². The molecule has 0 spiro atoms. The first kappa shape index (κ1) is 20.8. The third-order valence-corrected chi connectivity index (χ3v) is 5.49. The van der Waals surface area contributed by atoms with Crippen molar-refractivity contribution in [2.45, 2.75) is 12.6 Å². The monoisotopic (exact) mass is 451 g/mol. The van der Waals surface area contributed by atoms with E-state index >= 15 is 0 Å². The van der Waals surface area contributed by atoms with E-state index in [0.29, 0.717) is 40.8 Å². The van der Waals surface area contributed by atoms with Crippen LogP contribution in [0.15, 0.2) is 30.5 Å². The summed E-state index contributed by atoms with van der Waals surface area (Å²) in [7, 11) is 0. The highest BCUT2D eigenvalue weighted by molar-refractivity contribution is 7.19. The minimum absolute atomic E-state index is 0.0683. The van der Waals surface area contributed by atoms with Crippen LogP contribution in [0.5, 0.6) is 0 Å². The van der Waals surface area contributed by atoms with Crippen LogP contribution in [-0.4, -0.2) is 40.3 Å². The molecule has 1 aliphatic carbocycles. The van der Waals surface area contributed by atoms with Crippen molar-refractivity contribution in [1.29, 1.82) is 0 Å². The zero-order chi connectivity index (χ0) is 22.0. The van der Waals surface area contributed by atoms with E-state index in [0.717, 1.165) is 11.6 Å². The van der Waals surface area contributed by atoms with E-state index in [1.165, 1.54) is 40.4 Å². The first-order valence-corrected chi connectivity index (χ1v) is 9.90. The molecule has 0 saturated carbocycles. The number of urea groups is 1. The molecule has 4 N–H and O–H groups in total. The zero-order valence-corrected chi connectivity index (χ0v) is 16.6. The molecule has 4 rings (SSSR count). The SMILES string of the molecule is O=CNNCCNC(=O)Nc1nc2c(s1)-c1c(cnn1-c1ccccc1C(F)(F)F)C2. The molecule has 0 fully saturated rings. The molecule has 0 bridgehead atoms. The fourth-order valence-corrected chi connectivity index (χ4v) is 4.26. The second-order valence-corrected chi connectivity index (χ2v) is 7.49. The Labute approximate surface area is 177 Å². The number of nitrogens with one attached hydrogen (secondary N) is 4. The van der Waals surface area contributed by atoms with E-state index in [-0.39, 0.29) is 12.2 Å². The Bertz CT molecular complexity index is 1130. The van der Waals surface area contributed by atoms with Gasteiger partial charge in [0, 0.05) is 25.1 Å². The van der Waals surface area contributed by atoms with E-state index < -0.39 is 17.8 Å². The first-order valence-electron chi connectivity index (χ1n) is 9.09. The maximum Gasteiger partial charge on any atom is 0.418 e. The van der Waals surface area contributed by atoms with Crippen molar-refractivity contribution >= 4 is 28.9 Å². The molecule has 0 atom stereocenters. The Kier molecular flexibility index (Phi) is 5.61. The lowest BCUT2D eigenvalue weighted by Crippen LogP contribution is -2.39. The van der Waals surface area contributed by atoms with E-state index in [2.05, 4.69) is 31.6 Å². The van der Waals surface area contributed by atoms with E-state index in [1.54, 1.807) is 0 Å². The van der Waals surface area contributed by atoms with Crippen molar-refractivity contribution in [3.63, 3.8) is 0 Å². The number of amides is 3. The van der Waals surface area contributed by atoms with E-state index in [4.69, 9.17) is 0 Å². The quantitative estimate of drug-likeness (QED) is 0.196. The smallest absolute Gasteiger partial charge is 0.336 e. The standard InChI is InChI=1S/C18H16F3N7O2S/c19-18(20,21)11-3-1-2-4-13(11)28-14-10(8-25-28)7-12-15(14)31-17(26-12)27-16(30)22-5-6-23-24-9-29/h1-4,8-9,23H,5-7H2,(H,24,29)(H2,22,26,27,30). The maximum absolute atomic E-state index is 13.5. The fraction of sp³-hybridized carbons (Fsp3) is 0.222. The maximum atomic E-state index is 13.5. The number of para-hydroxylation sites is 1. The number of hydrazine groups is 1. The highest BCUT2D eigenvalue weighted by Crippen LogP contribution is 2.44. The highest BCUT2D eigenvalue weighted by Gasteiger charge is 2.36. The molecule has 2 aromatic heterocycles. The lowest BCUT2D eigenvalue weighted by molar-refractivity contribution is -0.137. The summed E-state index contributed by atoms with van der Waals surface area (Å²) in [6.07, 6.45) is -2.09. The Morgan fingerprint density at radius 3 is 2.84 bits per heavy atom. The van der Waals surface area contributed by atoms with Gasteiger partial charge in [-0.1, -0.05) is 23.5 Å². The van der Waals surface area contributed by atoms with Crippen molar-refractivity contribution in [1.82, 2.24) is 30.9 Å². The first-order chi connectivity index (χ1) is 14.9. The molecule has 13 heteroatoms. The molecule has 9 nitrogen and oxygen atoms in total. The average Bonchev–Trinajstić information content (AvgIpc) is 3.38. The summed E-state index contributed by atoms with van der Waals surface area (Å²) in [6.45, 7) is 0.574. The van der Waals surface area contributed by atoms with Crippen LogP contribution in [0.3, 0.4) is 0 Å². The molecule has 2 heterocycles. The lowest BCUT2D eigenvalue weighted by atomic mass is 10.1. The van der Waals surface area contributed by atoms with Crippen LogP contribution < -0.4 is 21.5 Å². The number of hydrogen-bond acceptors (Lipinski definition) is 6. The fourth-order valence-electron chi connectivity index (χ4n) is 3.22. The Balaban J connectivity index is 1.54. The van der Waals surface area contributed by atoms with Crippen LogP contribution in [0.2, 0.25) is 0 Å². The molecular formula is C18H16F3N7O2S. The zero-order valence-electron chi connectivity index (χ0n) is 15.8. The van der Waals surface area contributed by atoms with Gasteiger partial charge in [-0.2, -0.15) is 18.3 Å². The van der Waals surface area contributed by atoms with Gasteiger partial charge in [-0.25, -0.2) is 19.9 Å². The largest absolute Gasteiger partial charge is 0.418 e. The summed E-state index contributed by atoms with van der Waals surface area (Å²) >= 11 is 1.17. The van der Waals surface area contributed by atoms with E-state index in [9.17, 15) is 22.8 Å². The van der Waals surface area contributed by atoms with E-state index in [1.807, 2.05) is 0 Å². The molecule has 0 radical (unpaired) electrons. The third-order valence-electron chi connectivity index (χ3n) is 4.47. The number of aromatic nitrogens is 3. The number of hydrogen-bond donors (Lipinski definition) is 4. The van der Waals surface area contributed by atoms with Crippen LogP contribution in [0.25, 0.3) is 16.3 Å². The lowest BCUT2D eigenvalue weighted by Gasteiger charge is -2.14. The number of benzene rings is 1. The summed E-state index contributed by atoms with van der Waals surface area (Å²) in [5, 5.41) is 9.69. The second kappa shape index (κ2) is 8.35. The second-order valence-electron chi connectivity index (χ2n) is 6.49. The number of nitrogens with zero attached hydrogens (tertiary/aromatic N) is 3. The summed E-state index contributed by atoms with van der Waals surface area (Å²) in [5.74, 6) is 0. The predicted molar refractivity (Wildman–Crippen MR) is 107 cm³/mol. The van der Waals surface area contributed by atoms with Crippen molar-refractivity contribution < 1.29 is 22.8 Å². The van der Waals surface area contributed by atoms with Gasteiger partial charge in [-0.3, -0.25) is 15.5 Å². The Hall–Kier alpha value is -3.45. The summed E-state index contributed by atoms with van der Waals surface area (Å²) in [5.41, 5.74) is 5.95. The third kappa shape index (κ3) is 4.22. The summed E-state index contributed by atoms with van der Waals surface area (Å²) in [4.78, 5) is 27.2. The number of fused-ring (bicyclic) bond motifs is 3. The van der Waals surface area contributed by atoms with Gasteiger partial charge >= 0.3 is 12.2 Å². The summed E-state index contributed by atoms with van der Waals surface area (Å²) in [6, 6.07) is 4.76. The van der Waals surface area contributed by atoms with Crippen LogP contribution >= 0.6 is 11.3 Å². The van der Waals surface area contributed by atoms with Gasteiger partial charge in [-0.15, -0.1) is 0 Å². The Morgan fingerprint density at radius 1 is 1.26 bits per heavy atom. The van der Waals surface area contributed by atoms with Crippen molar-refractivity contribution in [2.24, 2.45) is 0 Å². The van der Waals surface area contributed by atoms with Crippen LogP contribution in [0.4, 0.5) is 23.1 Å². The van der Waals surface area contributed by atoms with Gasteiger partial charge < -0.3 is 5.32 Å². The molecular weight excluding hydrogens is 435 g/mol. The topological polar surface area (TPSA) is 113 Å². The highest BCUT2D eigenvalue weighted by atomic mass is 32.1. The molecule has 31 heavy (non-hydrogen) atoms. The van der Waals surface area contributed by atoms with Crippen LogP contribution in [0.1, 0.15) is 16.8 Å². The van der Waals surface area contributed by atoms with Gasteiger partial charge in [-0.05, 0) is 12.1 Å². The minimum atomic E-state index is -4.52. The number of alkyl halides is 3. The van der Waals surface area contributed by atoms with Gasteiger partial charge in [0.1, 0.15) is 0 Å². The molecule has 0 saturated heterocycles. The number of rotatable bonds is 7. The molecule has 1 aliphatic rings. The van der Waals surface area contributed by atoms with Crippen LogP contribution in [-0.2, 0) is 17.4 Å². The number of anilines is 1. The molecule has 0 unspecified atom stereocenters. The predicted octanol–water partition coefficient (Wildman–Crippen LogP) is 2.29. The van der Waals surface area contributed by atoms with Gasteiger partial charge in [0.05, 0.1) is 33.7 Å². The summed E-state index contributed by atoms with van der Waals surface area (Å²) < 4.78 is 41.7. The van der Waals surface area contributed by atoms with Crippen LogP contribution in [0, 0.1) is 0 Å². The molecule has 3 aromatic rings. The average molecular weight is 451 g/mol. The van der Waals surface area contributed by atoms with Gasteiger partial charge in [0.2, 0.25) is 6.41 Å². The Morgan fingerprint density at radius 2 is 2.06 bits per heavy atom. The molecule has 0 aliphatic heterocycles. The number of halogens is 3. The van der Waals surface area contributed by atoms with Gasteiger partial charge in [0.25, 0.3) is 0 Å². The minimum Gasteiger partial charge on any atom is -0.336 e. The number of carbonyl (C=O) groups excluding carboxylic acids is 2. The number of carbonyl (C=O) groups is 2. The van der Waals surface area contributed by atoms with Crippen molar-refractivity contribution in [3.05, 3.63) is 47.3 Å². The molecule has 3 amide bonds. The van der Waals surface area contributed by atoms with Crippen molar-refractivity contribution in [2.75, 3.05) is 18.4 Å². The molecule has 162 valence electrons.